The molecule has 0 saturated carbocycles. The van der Waals surface area contributed by atoms with Gasteiger partial charge in [-0.25, -0.2) is 14.8 Å². The lowest BCUT2D eigenvalue weighted by molar-refractivity contribution is 0.0522. The van der Waals surface area contributed by atoms with Crippen molar-refractivity contribution < 1.29 is 9.53 Å². The number of ether oxygens (including phenoxy) is 1. The number of rotatable bonds is 5. The minimum absolute atomic E-state index is 0.244. The standard InChI is InChI=1S/C15H14N4O2/c20-14(12-4-1-3-11-5-8-16-13(11)12)21-10-9-19-15-17-6-2-7-18-15/h1-8,16H,9-10H2,(H,17,18,19). The minimum atomic E-state index is -0.348. The second kappa shape index (κ2) is 6.04. The molecule has 0 atom stereocenters. The van der Waals surface area contributed by atoms with E-state index in [0.717, 1.165) is 10.9 Å². The lowest BCUT2D eigenvalue weighted by Gasteiger charge is -2.07. The molecule has 2 N–H and O–H groups in total. The number of H-pyrrole nitrogens is 1. The van der Waals surface area contributed by atoms with E-state index in [0.29, 0.717) is 18.1 Å². The average molecular weight is 282 g/mol. The Morgan fingerprint density at radius 3 is 2.90 bits per heavy atom. The molecule has 21 heavy (non-hydrogen) atoms. The molecule has 0 aliphatic carbocycles. The molecular formula is C15H14N4O2. The van der Waals surface area contributed by atoms with E-state index in [4.69, 9.17) is 4.74 Å². The second-order valence-electron chi connectivity index (χ2n) is 4.38. The summed E-state index contributed by atoms with van der Waals surface area (Å²) in [4.78, 5) is 23.2. The van der Waals surface area contributed by atoms with Crippen LogP contribution in [0.25, 0.3) is 10.9 Å². The number of nitrogens with one attached hydrogen (secondary N) is 2. The van der Waals surface area contributed by atoms with E-state index in [1.807, 2.05) is 18.2 Å². The van der Waals surface area contributed by atoms with Crippen LogP contribution in [-0.2, 0) is 4.74 Å². The molecule has 6 nitrogen and oxygen atoms in total. The number of fused-ring (bicyclic) bond motifs is 1. The van der Waals surface area contributed by atoms with Crippen molar-refractivity contribution in [2.45, 2.75) is 0 Å². The van der Waals surface area contributed by atoms with Gasteiger partial charge in [-0.3, -0.25) is 0 Å². The van der Waals surface area contributed by atoms with Gasteiger partial charge in [0.25, 0.3) is 0 Å². The van der Waals surface area contributed by atoms with Crippen LogP contribution >= 0.6 is 0 Å². The summed E-state index contributed by atoms with van der Waals surface area (Å²) in [5.74, 6) is 0.166. The van der Waals surface area contributed by atoms with Gasteiger partial charge in [0.05, 0.1) is 17.6 Å². The molecule has 0 saturated heterocycles. The van der Waals surface area contributed by atoms with Gasteiger partial charge < -0.3 is 15.0 Å². The number of nitrogens with zero attached hydrogens (tertiary/aromatic N) is 2. The molecule has 2 aromatic heterocycles. The predicted octanol–water partition coefficient (Wildman–Crippen LogP) is 2.23. The third-order valence-corrected chi connectivity index (χ3v) is 2.99. The highest BCUT2D eigenvalue weighted by Crippen LogP contribution is 2.17. The predicted molar refractivity (Wildman–Crippen MR) is 79.1 cm³/mol. The van der Waals surface area contributed by atoms with Crippen LogP contribution in [0.5, 0.6) is 0 Å². The van der Waals surface area contributed by atoms with Crippen molar-refractivity contribution in [2.75, 3.05) is 18.5 Å². The number of hydrogen-bond donors (Lipinski definition) is 2. The van der Waals surface area contributed by atoms with Gasteiger partial charge in [0.1, 0.15) is 6.61 Å². The van der Waals surface area contributed by atoms with Gasteiger partial charge in [0.15, 0.2) is 0 Å². The number of carbonyl (C=O) groups excluding carboxylic acids is 1. The van der Waals surface area contributed by atoms with E-state index in [9.17, 15) is 4.79 Å². The first-order chi connectivity index (χ1) is 10.3. The quantitative estimate of drug-likeness (QED) is 0.554. The minimum Gasteiger partial charge on any atom is -0.460 e. The lowest BCUT2D eigenvalue weighted by atomic mass is 10.1. The van der Waals surface area contributed by atoms with Gasteiger partial charge >= 0.3 is 5.97 Å². The van der Waals surface area contributed by atoms with E-state index in [1.54, 1.807) is 30.7 Å². The summed E-state index contributed by atoms with van der Waals surface area (Å²) in [5.41, 5.74) is 1.33. The summed E-state index contributed by atoms with van der Waals surface area (Å²) in [6.07, 6.45) is 5.09. The van der Waals surface area contributed by atoms with Gasteiger partial charge in [-0.2, -0.15) is 0 Å². The number of aromatic amines is 1. The van der Waals surface area contributed by atoms with Crippen molar-refractivity contribution >= 4 is 22.8 Å². The number of para-hydroxylation sites is 1. The molecule has 3 rings (SSSR count). The largest absolute Gasteiger partial charge is 0.460 e. The van der Waals surface area contributed by atoms with E-state index in [2.05, 4.69) is 20.3 Å². The van der Waals surface area contributed by atoms with E-state index in [1.165, 1.54) is 0 Å². The Bertz CT molecular complexity index is 740. The number of carbonyl (C=O) groups is 1. The summed E-state index contributed by atoms with van der Waals surface area (Å²) in [7, 11) is 0. The van der Waals surface area contributed by atoms with E-state index in [-0.39, 0.29) is 12.6 Å². The molecule has 106 valence electrons. The maximum atomic E-state index is 12.1. The molecule has 0 amide bonds. The number of benzene rings is 1. The highest BCUT2D eigenvalue weighted by molar-refractivity contribution is 6.02. The third-order valence-electron chi connectivity index (χ3n) is 2.99. The van der Waals surface area contributed by atoms with Crippen LogP contribution in [0.1, 0.15) is 10.4 Å². The van der Waals surface area contributed by atoms with Gasteiger partial charge in [0.2, 0.25) is 5.95 Å². The summed E-state index contributed by atoms with van der Waals surface area (Å²) in [6.45, 7) is 0.699. The Morgan fingerprint density at radius 2 is 2.05 bits per heavy atom. The topological polar surface area (TPSA) is 79.9 Å². The Morgan fingerprint density at radius 1 is 1.19 bits per heavy atom. The molecule has 0 unspecified atom stereocenters. The van der Waals surface area contributed by atoms with Gasteiger partial charge in [-0.15, -0.1) is 0 Å². The fourth-order valence-corrected chi connectivity index (χ4v) is 2.03. The van der Waals surface area contributed by atoms with Crippen LogP contribution in [0.15, 0.2) is 48.9 Å². The number of esters is 1. The normalized spacial score (nSPS) is 10.5. The van der Waals surface area contributed by atoms with Crippen LogP contribution in [-0.4, -0.2) is 34.1 Å². The fourth-order valence-electron chi connectivity index (χ4n) is 2.03. The highest BCUT2D eigenvalue weighted by Gasteiger charge is 2.11. The Kier molecular flexibility index (Phi) is 3.77. The van der Waals surface area contributed by atoms with Crippen LogP contribution in [0.3, 0.4) is 0 Å². The first kappa shape index (κ1) is 13.1. The molecule has 0 spiro atoms. The van der Waals surface area contributed by atoms with Crippen molar-refractivity contribution in [3.63, 3.8) is 0 Å². The average Bonchev–Trinajstić information content (AvgIpc) is 3.01. The van der Waals surface area contributed by atoms with Gasteiger partial charge in [-0.1, -0.05) is 12.1 Å². The van der Waals surface area contributed by atoms with Crippen LogP contribution in [0.2, 0.25) is 0 Å². The molecule has 3 aromatic rings. The number of anilines is 1. The van der Waals surface area contributed by atoms with Crippen molar-refractivity contribution in [1.82, 2.24) is 15.0 Å². The van der Waals surface area contributed by atoms with Crippen molar-refractivity contribution in [3.8, 4) is 0 Å². The maximum Gasteiger partial charge on any atom is 0.340 e. The molecule has 2 heterocycles. The lowest BCUT2D eigenvalue weighted by Crippen LogP contribution is -2.15. The molecular weight excluding hydrogens is 268 g/mol. The van der Waals surface area contributed by atoms with Gasteiger partial charge in [0, 0.05) is 24.0 Å². The molecule has 6 heteroatoms. The van der Waals surface area contributed by atoms with Crippen LogP contribution < -0.4 is 5.32 Å². The summed E-state index contributed by atoms with van der Waals surface area (Å²) >= 11 is 0. The zero-order valence-electron chi connectivity index (χ0n) is 11.2. The van der Waals surface area contributed by atoms with E-state index < -0.39 is 0 Å². The zero-order chi connectivity index (χ0) is 14.5. The first-order valence-corrected chi connectivity index (χ1v) is 6.59. The molecule has 1 aromatic carbocycles. The molecule has 0 radical (unpaired) electrons. The summed E-state index contributed by atoms with van der Waals surface area (Å²) < 4.78 is 5.25. The SMILES string of the molecule is O=C(OCCNc1ncccn1)c1cccc2cc[nH]c12. The molecule has 0 bridgehead atoms. The zero-order valence-corrected chi connectivity index (χ0v) is 11.2. The highest BCUT2D eigenvalue weighted by atomic mass is 16.5. The number of aromatic nitrogens is 3. The third kappa shape index (κ3) is 3.00. The Hall–Kier alpha value is -2.89. The van der Waals surface area contributed by atoms with Crippen LogP contribution in [0.4, 0.5) is 5.95 Å². The Balaban J connectivity index is 1.56. The van der Waals surface area contributed by atoms with E-state index >= 15 is 0 Å². The molecule has 0 fully saturated rings. The maximum absolute atomic E-state index is 12.1. The van der Waals surface area contributed by atoms with Gasteiger partial charge in [-0.05, 0) is 18.2 Å². The smallest absolute Gasteiger partial charge is 0.340 e. The van der Waals surface area contributed by atoms with Crippen molar-refractivity contribution in [3.05, 3.63) is 54.5 Å². The Labute approximate surface area is 121 Å². The second-order valence-corrected chi connectivity index (χ2v) is 4.38. The summed E-state index contributed by atoms with van der Waals surface area (Å²) in [6, 6.07) is 9.18. The fraction of sp³-hybridized carbons (Fsp3) is 0.133. The van der Waals surface area contributed by atoms with Crippen molar-refractivity contribution in [2.24, 2.45) is 0 Å². The molecule has 0 aliphatic heterocycles. The van der Waals surface area contributed by atoms with Crippen LogP contribution in [0, 0.1) is 0 Å². The van der Waals surface area contributed by atoms with Crippen molar-refractivity contribution in [1.29, 1.82) is 0 Å². The summed E-state index contributed by atoms with van der Waals surface area (Å²) in [5, 5.41) is 3.96. The monoisotopic (exact) mass is 282 g/mol. The first-order valence-electron chi connectivity index (χ1n) is 6.59. The number of hydrogen-bond acceptors (Lipinski definition) is 5. The molecule has 0 aliphatic rings.